The van der Waals surface area contributed by atoms with E-state index in [1.807, 2.05) is 0 Å². The summed E-state index contributed by atoms with van der Waals surface area (Å²) in [6, 6.07) is 0. The van der Waals surface area contributed by atoms with E-state index in [-0.39, 0.29) is 17.3 Å². The second kappa shape index (κ2) is 5.86. The van der Waals surface area contributed by atoms with E-state index < -0.39 is 10.0 Å². The maximum absolute atomic E-state index is 11.3. The van der Waals surface area contributed by atoms with Crippen LogP contribution >= 0.6 is 0 Å². The van der Waals surface area contributed by atoms with Crippen molar-refractivity contribution < 1.29 is 17.9 Å². The fraction of sp³-hybridized carbons (Fsp3) is 1.00. The van der Waals surface area contributed by atoms with Gasteiger partial charge in [-0.1, -0.05) is 12.8 Å². The van der Waals surface area contributed by atoms with Crippen LogP contribution in [0.15, 0.2) is 0 Å². The molecule has 5 nitrogen and oxygen atoms in total. The van der Waals surface area contributed by atoms with E-state index in [0.29, 0.717) is 13.2 Å². The Labute approximate surface area is 109 Å². The first-order valence-electron chi connectivity index (χ1n) is 6.69. The van der Waals surface area contributed by atoms with Gasteiger partial charge in [-0.05, 0) is 25.7 Å². The molecule has 0 amide bonds. The first-order valence-corrected chi connectivity index (χ1v) is 8.41. The molecule has 18 heavy (non-hydrogen) atoms. The molecule has 0 bridgehead atoms. The third-order valence-electron chi connectivity index (χ3n) is 3.91. The minimum atomic E-state index is -3.43. The number of hydrogen-bond donors (Lipinski definition) is 1. The summed E-state index contributed by atoms with van der Waals surface area (Å²) in [6.45, 7) is 1.88. The van der Waals surface area contributed by atoms with Gasteiger partial charge in [-0.3, -0.25) is 0 Å². The zero-order valence-corrected chi connectivity index (χ0v) is 11.6. The van der Waals surface area contributed by atoms with E-state index in [9.17, 15) is 8.42 Å². The van der Waals surface area contributed by atoms with Gasteiger partial charge in [0.2, 0.25) is 10.0 Å². The Morgan fingerprint density at radius 2 is 2.00 bits per heavy atom. The number of ether oxygens (including phenoxy) is 2. The predicted molar refractivity (Wildman–Crippen MR) is 68.7 cm³/mol. The molecule has 0 spiro atoms. The Balaban J connectivity index is 1.82. The number of hydrogen-bond acceptors (Lipinski definition) is 4. The average molecular weight is 277 g/mol. The molecule has 1 heterocycles. The van der Waals surface area contributed by atoms with Gasteiger partial charge in [-0.25, -0.2) is 13.6 Å². The van der Waals surface area contributed by atoms with Crippen molar-refractivity contribution >= 4 is 10.0 Å². The van der Waals surface area contributed by atoms with Crippen LogP contribution in [0.4, 0.5) is 0 Å². The van der Waals surface area contributed by atoms with Crippen LogP contribution in [0.2, 0.25) is 0 Å². The Morgan fingerprint density at radius 3 is 2.56 bits per heavy atom. The Bertz CT molecular complexity index is 356. The van der Waals surface area contributed by atoms with Crippen LogP contribution in [-0.4, -0.2) is 40.1 Å². The van der Waals surface area contributed by atoms with Crippen LogP contribution in [0, 0.1) is 5.41 Å². The molecule has 1 unspecified atom stereocenters. The normalized spacial score (nSPS) is 27.7. The third kappa shape index (κ3) is 4.19. The zero-order valence-electron chi connectivity index (χ0n) is 10.8. The van der Waals surface area contributed by atoms with Crippen LogP contribution in [0.1, 0.15) is 38.5 Å². The van der Waals surface area contributed by atoms with Crippen molar-refractivity contribution in [3.63, 3.8) is 0 Å². The summed E-state index contributed by atoms with van der Waals surface area (Å²) >= 11 is 0. The maximum atomic E-state index is 11.3. The minimum absolute atomic E-state index is 0.0471. The molecule has 1 aliphatic carbocycles. The summed E-state index contributed by atoms with van der Waals surface area (Å²) in [6.07, 6.45) is 6.26. The summed E-state index contributed by atoms with van der Waals surface area (Å²) < 4.78 is 33.8. The highest BCUT2D eigenvalue weighted by atomic mass is 32.2. The first-order chi connectivity index (χ1) is 8.49. The lowest BCUT2D eigenvalue weighted by atomic mass is 9.90. The lowest BCUT2D eigenvalue weighted by Gasteiger charge is -2.28. The van der Waals surface area contributed by atoms with Gasteiger partial charge in [0.1, 0.15) is 0 Å². The number of primary sulfonamides is 1. The first kappa shape index (κ1) is 14.2. The summed E-state index contributed by atoms with van der Waals surface area (Å²) in [5.74, 6) is 0.0471. The topological polar surface area (TPSA) is 78.6 Å². The highest BCUT2D eigenvalue weighted by molar-refractivity contribution is 7.89. The van der Waals surface area contributed by atoms with Crippen molar-refractivity contribution in [3.8, 4) is 0 Å². The van der Waals surface area contributed by atoms with Crippen LogP contribution in [0.25, 0.3) is 0 Å². The van der Waals surface area contributed by atoms with Crippen molar-refractivity contribution in [1.82, 2.24) is 0 Å². The molecule has 1 aliphatic heterocycles. The molecular formula is C12H23NO4S. The van der Waals surface area contributed by atoms with Gasteiger partial charge >= 0.3 is 0 Å². The standard InChI is InChI=1S/C12H23NO4S/c13-18(14,15)10-12(5-1-2-6-12)9-16-8-11-4-3-7-17-11/h11H,1-10H2,(H2,13,14,15). The molecule has 2 aliphatic rings. The maximum Gasteiger partial charge on any atom is 0.209 e. The van der Waals surface area contributed by atoms with E-state index in [0.717, 1.165) is 45.1 Å². The Hall–Kier alpha value is -0.170. The molecule has 0 aromatic rings. The molecule has 2 fully saturated rings. The Kier molecular flexibility index (Phi) is 4.64. The van der Waals surface area contributed by atoms with E-state index in [2.05, 4.69) is 0 Å². The lowest BCUT2D eigenvalue weighted by Crippen LogP contribution is -2.36. The molecule has 2 rings (SSSR count). The van der Waals surface area contributed by atoms with E-state index in [4.69, 9.17) is 14.6 Å². The molecule has 0 aromatic heterocycles. The Morgan fingerprint density at radius 1 is 1.28 bits per heavy atom. The van der Waals surface area contributed by atoms with Crippen molar-refractivity contribution in [2.24, 2.45) is 10.6 Å². The van der Waals surface area contributed by atoms with E-state index in [1.54, 1.807) is 0 Å². The summed E-state index contributed by atoms with van der Waals surface area (Å²) in [5.41, 5.74) is -0.258. The van der Waals surface area contributed by atoms with E-state index >= 15 is 0 Å². The monoisotopic (exact) mass is 277 g/mol. The quantitative estimate of drug-likeness (QED) is 0.786. The number of sulfonamides is 1. The minimum Gasteiger partial charge on any atom is -0.378 e. The molecule has 2 N–H and O–H groups in total. The molecule has 1 atom stereocenters. The summed E-state index contributed by atoms with van der Waals surface area (Å²) in [4.78, 5) is 0. The summed E-state index contributed by atoms with van der Waals surface area (Å²) in [7, 11) is -3.43. The van der Waals surface area contributed by atoms with Gasteiger partial charge in [0.25, 0.3) is 0 Å². The van der Waals surface area contributed by atoms with Crippen molar-refractivity contribution in [1.29, 1.82) is 0 Å². The smallest absolute Gasteiger partial charge is 0.209 e. The highest BCUT2D eigenvalue weighted by Crippen LogP contribution is 2.39. The van der Waals surface area contributed by atoms with Gasteiger partial charge in [-0.15, -0.1) is 0 Å². The lowest BCUT2D eigenvalue weighted by molar-refractivity contribution is -0.0116. The highest BCUT2D eigenvalue weighted by Gasteiger charge is 2.37. The second-order valence-electron chi connectivity index (χ2n) is 5.66. The molecule has 1 saturated heterocycles. The molecule has 6 heteroatoms. The van der Waals surface area contributed by atoms with Gasteiger partial charge in [0.15, 0.2) is 0 Å². The van der Waals surface area contributed by atoms with E-state index in [1.165, 1.54) is 0 Å². The van der Waals surface area contributed by atoms with Crippen LogP contribution in [0.3, 0.4) is 0 Å². The molecule has 0 radical (unpaired) electrons. The van der Waals surface area contributed by atoms with Crippen LogP contribution < -0.4 is 5.14 Å². The fourth-order valence-electron chi connectivity index (χ4n) is 3.06. The van der Waals surface area contributed by atoms with Crippen LogP contribution in [-0.2, 0) is 19.5 Å². The number of rotatable bonds is 6. The third-order valence-corrected chi connectivity index (χ3v) is 4.92. The zero-order chi connectivity index (χ0) is 13.1. The SMILES string of the molecule is NS(=O)(=O)CC1(COCC2CCCO2)CCCC1. The molecule has 106 valence electrons. The van der Waals surface area contributed by atoms with Crippen molar-refractivity contribution in [3.05, 3.63) is 0 Å². The number of nitrogens with two attached hydrogens (primary N) is 1. The van der Waals surface area contributed by atoms with Crippen molar-refractivity contribution in [2.75, 3.05) is 25.6 Å². The molecule has 0 aromatic carbocycles. The average Bonchev–Trinajstić information content (AvgIpc) is 2.87. The van der Waals surface area contributed by atoms with Crippen molar-refractivity contribution in [2.45, 2.75) is 44.6 Å². The van der Waals surface area contributed by atoms with Gasteiger partial charge in [-0.2, -0.15) is 0 Å². The fourth-order valence-corrected chi connectivity index (χ4v) is 4.29. The largest absolute Gasteiger partial charge is 0.378 e. The predicted octanol–water partition coefficient (Wildman–Crippen LogP) is 1.03. The van der Waals surface area contributed by atoms with Gasteiger partial charge in [0, 0.05) is 12.0 Å². The molecular weight excluding hydrogens is 254 g/mol. The van der Waals surface area contributed by atoms with Crippen LogP contribution in [0.5, 0.6) is 0 Å². The van der Waals surface area contributed by atoms with Gasteiger partial charge < -0.3 is 9.47 Å². The second-order valence-corrected chi connectivity index (χ2v) is 7.28. The molecule has 1 saturated carbocycles. The summed E-state index contributed by atoms with van der Waals surface area (Å²) in [5, 5.41) is 5.19. The van der Waals surface area contributed by atoms with Gasteiger partial charge in [0.05, 0.1) is 25.1 Å².